The van der Waals surface area contributed by atoms with Crippen molar-refractivity contribution in [1.82, 2.24) is 10.7 Å². The van der Waals surface area contributed by atoms with E-state index in [0.717, 1.165) is 10.0 Å². The van der Waals surface area contributed by atoms with E-state index in [-0.39, 0.29) is 5.70 Å². The molecule has 2 N–H and O–H groups in total. The largest absolute Gasteiger partial charge is 0.448 e. The number of rotatable bonds is 7. The lowest BCUT2D eigenvalue weighted by atomic mass is 10.2. The van der Waals surface area contributed by atoms with E-state index >= 15 is 0 Å². The molecule has 0 aliphatic carbocycles. The van der Waals surface area contributed by atoms with Gasteiger partial charge in [-0.3, -0.25) is 9.59 Å². The molecule has 2 aromatic carbocycles. The number of carbonyl (C=O) groups is 2. The zero-order valence-electron chi connectivity index (χ0n) is 16.1. The predicted molar refractivity (Wildman–Crippen MR) is 132 cm³/mol. The lowest BCUT2D eigenvalue weighted by Gasteiger charge is -2.08. The maximum Gasteiger partial charge on any atom is 0.287 e. The highest BCUT2D eigenvalue weighted by Gasteiger charge is 2.13. The van der Waals surface area contributed by atoms with E-state index < -0.39 is 11.8 Å². The number of carbonyl (C=O) groups excluding carboxylic acids is 2. The van der Waals surface area contributed by atoms with Crippen LogP contribution in [0.1, 0.15) is 21.7 Å². The molecule has 0 fully saturated rings. The third-order valence-electron chi connectivity index (χ3n) is 3.90. The van der Waals surface area contributed by atoms with E-state index in [2.05, 4.69) is 31.8 Å². The Morgan fingerprint density at radius 1 is 1.03 bits per heavy atom. The van der Waals surface area contributed by atoms with Crippen molar-refractivity contribution >= 4 is 62.6 Å². The van der Waals surface area contributed by atoms with Crippen LogP contribution in [0, 0.1) is 3.77 Å². The Labute approximate surface area is 201 Å². The van der Waals surface area contributed by atoms with Gasteiger partial charge < -0.3 is 9.73 Å². The number of nitrogens with one attached hydrogen (secondary N) is 2. The summed E-state index contributed by atoms with van der Waals surface area (Å²) in [5.74, 6) is -0.499. The smallest absolute Gasteiger partial charge is 0.287 e. The van der Waals surface area contributed by atoms with E-state index in [0.29, 0.717) is 15.1 Å². The first kappa shape index (κ1) is 22.7. The van der Waals surface area contributed by atoms with E-state index in [1.807, 2.05) is 65.1 Å². The molecular formula is C23H17BrIN3O3. The standard InChI is InChI=1S/C23H17BrIN3O3/c24-19-14-18(31-21(19)25)15-26-28-23(30)20(13-7-10-16-8-3-1-4-9-16)27-22(29)17-11-5-2-6-12-17/h1-15H,(H,27,29)(H,28,30)/b10-7-,20-13-,26-15?. The van der Waals surface area contributed by atoms with Crippen molar-refractivity contribution < 1.29 is 14.0 Å². The zero-order valence-corrected chi connectivity index (χ0v) is 19.8. The first-order valence-electron chi connectivity index (χ1n) is 9.11. The predicted octanol–water partition coefficient (Wildman–Crippen LogP) is 5.12. The van der Waals surface area contributed by atoms with Crippen LogP contribution in [-0.2, 0) is 4.79 Å². The van der Waals surface area contributed by atoms with Gasteiger partial charge in [-0.15, -0.1) is 0 Å². The minimum Gasteiger partial charge on any atom is -0.448 e. The van der Waals surface area contributed by atoms with Crippen LogP contribution in [-0.4, -0.2) is 18.0 Å². The molecule has 0 radical (unpaired) electrons. The summed E-state index contributed by atoms with van der Waals surface area (Å²) >= 11 is 5.38. The highest BCUT2D eigenvalue weighted by atomic mass is 127. The van der Waals surface area contributed by atoms with Crippen LogP contribution in [0.2, 0.25) is 0 Å². The highest BCUT2D eigenvalue weighted by molar-refractivity contribution is 14.1. The molecule has 1 heterocycles. The second-order valence-electron chi connectivity index (χ2n) is 6.14. The Kier molecular flexibility index (Phi) is 8.36. The van der Waals surface area contributed by atoms with Gasteiger partial charge in [0.05, 0.1) is 10.7 Å². The fraction of sp³-hybridized carbons (Fsp3) is 0. The Bertz CT molecular complexity index is 1120. The molecule has 0 atom stereocenters. The van der Waals surface area contributed by atoms with E-state index in [1.165, 1.54) is 12.3 Å². The lowest BCUT2D eigenvalue weighted by molar-refractivity contribution is -0.117. The number of amides is 2. The molecule has 0 aliphatic heterocycles. The monoisotopic (exact) mass is 589 g/mol. The van der Waals surface area contributed by atoms with Gasteiger partial charge in [-0.1, -0.05) is 60.7 Å². The summed E-state index contributed by atoms with van der Waals surface area (Å²) < 4.78 is 6.90. The molecule has 156 valence electrons. The average molecular weight is 590 g/mol. The molecule has 1 aromatic heterocycles. The molecule has 0 spiro atoms. The maximum atomic E-state index is 12.6. The maximum absolute atomic E-state index is 12.6. The van der Waals surface area contributed by atoms with Gasteiger partial charge >= 0.3 is 0 Å². The molecule has 31 heavy (non-hydrogen) atoms. The Morgan fingerprint density at radius 2 is 1.71 bits per heavy atom. The van der Waals surface area contributed by atoms with Gasteiger partial charge in [0.15, 0.2) is 3.77 Å². The third kappa shape index (κ3) is 7.04. The second kappa shape index (κ2) is 11.4. The molecule has 0 saturated carbocycles. The summed E-state index contributed by atoms with van der Waals surface area (Å²) in [6.07, 6.45) is 6.41. The SMILES string of the molecule is O=C(NN=Cc1cc(Br)c(I)o1)/C(=C/C=C\c1ccccc1)NC(=O)c1ccccc1. The van der Waals surface area contributed by atoms with Crippen LogP contribution >= 0.6 is 38.5 Å². The third-order valence-corrected chi connectivity index (χ3v) is 6.03. The molecule has 6 nitrogen and oxygen atoms in total. The lowest BCUT2D eigenvalue weighted by Crippen LogP contribution is -2.32. The van der Waals surface area contributed by atoms with Gasteiger partial charge in [0.1, 0.15) is 11.5 Å². The fourth-order valence-corrected chi connectivity index (χ4v) is 3.14. The minimum absolute atomic E-state index is 0.0494. The first-order valence-corrected chi connectivity index (χ1v) is 11.0. The van der Waals surface area contributed by atoms with Crippen LogP contribution in [0.15, 0.2) is 98.6 Å². The van der Waals surface area contributed by atoms with E-state index in [1.54, 1.807) is 36.4 Å². The van der Waals surface area contributed by atoms with Gasteiger partial charge in [0.25, 0.3) is 11.8 Å². The summed E-state index contributed by atoms with van der Waals surface area (Å²) in [7, 11) is 0. The van der Waals surface area contributed by atoms with Crippen LogP contribution in [0.25, 0.3) is 6.08 Å². The van der Waals surface area contributed by atoms with Crippen molar-refractivity contribution in [2.75, 3.05) is 0 Å². The van der Waals surface area contributed by atoms with Gasteiger partial charge in [-0.05, 0) is 39.7 Å². The van der Waals surface area contributed by atoms with E-state index in [9.17, 15) is 9.59 Å². The molecule has 3 aromatic rings. The number of hydrogen-bond donors (Lipinski definition) is 2. The molecular weight excluding hydrogens is 573 g/mol. The van der Waals surface area contributed by atoms with Crippen LogP contribution < -0.4 is 10.7 Å². The summed E-state index contributed by atoms with van der Waals surface area (Å²) in [5.41, 5.74) is 3.85. The van der Waals surface area contributed by atoms with Crippen LogP contribution in [0.3, 0.4) is 0 Å². The minimum atomic E-state index is -0.571. The van der Waals surface area contributed by atoms with Crippen LogP contribution in [0.4, 0.5) is 0 Å². The number of furan rings is 1. The van der Waals surface area contributed by atoms with Crippen LogP contribution in [0.5, 0.6) is 0 Å². The molecule has 0 saturated heterocycles. The van der Waals surface area contributed by atoms with Crippen molar-refractivity contribution in [1.29, 1.82) is 0 Å². The van der Waals surface area contributed by atoms with Gasteiger partial charge in [0, 0.05) is 34.2 Å². The van der Waals surface area contributed by atoms with Gasteiger partial charge in [-0.25, -0.2) is 5.43 Å². The van der Waals surface area contributed by atoms with Gasteiger partial charge in [-0.2, -0.15) is 5.10 Å². The first-order chi connectivity index (χ1) is 15.0. The molecule has 0 bridgehead atoms. The molecule has 0 aliphatic rings. The summed E-state index contributed by atoms with van der Waals surface area (Å²) in [6, 6.07) is 20.0. The Hall–Kier alpha value is -2.98. The molecule has 2 amide bonds. The zero-order chi connectivity index (χ0) is 22.1. The molecule has 8 heteroatoms. The molecule has 3 rings (SSSR count). The fourth-order valence-electron chi connectivity index (χ4n) is 2.42. The average Bonchev–Trinajstić information content (AvgIpc) is 3.11. The van der Waals surface area contributed by atoms with Crippen molar-refractivity contribution in [3.05, 3.63) is 110 Å². The Morgan fingerprint density at radius 3 is 2.35 bits per heavy atom. The quantitative estimate of drug-likeness (QED) is 0.132. The molecule has 0 unspecified atom stereocenters. The number of halogens is 2. The second-order valence-corrected chi connectivity index (χ2v) is 7.97. The normalized spacial score (nSPS) is 11.7. The number of nitrogens with zero attached hydrogens (tertiary/aromatic N) is 1. The van der Waals surface area contributed by atoms with Crippen molar-refractivity contribution in [2.24, 2.45) is 5.10 Å². The van der Waals surface area contributed by atoms with E-state index in [4.69, 9.17) is 4.42 Å². The summed E-state index contributed by atoms with van der Waals surface area (Å²) in [6.45, 7) is 0. The summed E-state index contributed by atoms with van der Waals surface area (Å²) in [4.78, 5) is 25.1. The topological polar surface area (TPSA) is 83.7 Å². The van der Waals surface area contributed by atoms with Crippen molar-refractivity contribution in [3.8, 4) is 0 Å². The summed E-state index contributed by atoms with van der Waals surface area (Å²) in [5, 5.41) is 6.54. The number of benzene rings is 2. The van der Waals surface area contributed by atoms with Crippen molar-refractivity contribution in [2.45, 2.75) is 0 Å². The van der Waals surface area contributed by atoms with Crippen molar-refractivity contribution in [3.63, 3.8) is 0 Å². The Balaban J connectivity index is 1.74. The number of allylic oxidation sites excluding steroid dienone is 2. The highest BCUT2D eigenvalue weighted by Crippen LogP contribution is 2.21. The van der Waals surface area contributed by atoms with Gasteiger partial charge in [0.2, 0.25) is 0 Å². The number of hydrogen-bond acceptors (Lipinski definition) is 4. The number of hydrazone groups is 1.